The maximum absolute atomic E-state index is 12.3. The second-order valence-corrected chi connectivity index (χ2v) is 7.79. The summed E-state index contributed by atoms with van der Waals surface area (Å²) in [6.07, 6.45) is 2.77. The Morgan fingerprint density at radius 2 is 2.30 bits per heavy atom. The number of aromatic nitrogens is 1. The Labute approximate surface area is 134 Å². The lowest BCUT2D eigenvalue weighted by Gasteiger charge is -2.08. The van der Waals surface area contributed by atoms with E-state index in [1.165, 1.54) is 10.4 Å². The van der Waals surface area contributed by atoms with Crippen LogP contribution in [0.3, 0.4) is 0 Å². The number of fused-ring (bicyclic) bond motifs is 1. The van der Waals surface area contributed by atoms with Gasteiger partial charge < -0.3 is 5.32 Å². The number of rotatable bonds is 2. The summed E-state index contributed by atoms with van der Waals surface area (Å²) in [6.45, 7) is 1.93. The van der Waals surface area contributed by atoms with E-state index in [-0.39, 0.29) is 5.91 Å². The van der Waals surface area contributed by atoms with Gasteiger partial charge in [-0.1, -0.05) is 0 Å². The van der Waals surface area contributed by atoms with Crippen LogP contribution in [-0.4, -0.2) is 16.6 Å². The Balaban J connectivity index is 1.80. The molecule has 0 saturated carbocycles. The first-order chi connectivity index (χ1) is 9.63. The van der Waals surface area contributed by atoms with E-state index in [2.05, 4.69) is 26.2 Å². The molecule has 3 heterocycles. The number of halogens is 1. The van der Waals surface area contributed by atoms with E-state index in [1.807, 2.05) is 30.8 Å². The van der Waals surface area contributed by atoms with Crippen molar-refractivity contribution in [1.82, 2.24) is 4.98 Å². The third-order valence-corrected chi connectivity index (χ3v) is 5.81. The number of hydrogen-bond acceptors (Lipinski definition) is 4. The number of amides is 1. The molecule has 0 aliphatic carbocycles. The molecule has 6 heteroatoms. The number of carbonyl (C=O) groups is 1. The van der Waals surface area contributed by atoms with E-state index in [9.17, 15) is 4.79 Å². The molecule has 0 atom stereocenters. The Morgan fingerprint density at radius 3 is 3.05 bits per heavy atom. The molecule has 1 N–H and O–H groups in total. The maximum atomic E-state index is 12.3. The first-order valence-corrected chi connectivity index (χ1v) is 9.03. The van der Waals surface area contributed by atoms with Crippen LogP contribution in [0.1, 0.15) is 25.7 Å². The number of hydrogen-bond donors (Lipinski definition) is 1. The van der Waals surface area contributed by atoms with Gasteiger partial charge in [0.1, 0.15) is 5.82 Å². The molecule has 20 heavy (non-hydrogen) atoms. The zero-order chi connectivity index (χ0) is 14.1. The van der Waals surface area contributed by atoms with E-state index >= 15 is 0 Å². The summed E-state index contributed by atoms with van der Waals surface area (Å²) < 4.78 is 0.914. The molecule has 0 unspecified atom stereocenters. The fourth-order valence-corrected chi connectivity index (χ4v) is 4.81. The van der Waals surface area contributed by atoms with Gasteiger partial charge in [0.05, 0.1) is 4.88 Å². The van der Waals surface area contributed by atoms with Crippen LogP contribution < -0.4 is 5.32 Å². The predicted octanol–water partition coefficient (Wildman–Crippen LogP) is 4.26. The minimum absolute atomic E-state index is 0.0627. The van der Waals surface area contributed by atoms with Gasteiger partial charge in [-0.25, -0.2) is 4.98 Å². The number of nitrogens with one attached hydrogen (secondary N) is 1. The van der Waals surface area contributed by atoms with Gasteiger partial charge in [-0.15, -0.1) is 11.3 Å². The number of nitrogens with zero attached hydrogens (tertiary/aromatic N) is 1. The molecule has 2 aromatic heterocycles. The van der Waals surface area contributed by atoms with Gasteiger partial charge in [-0.2, -0.15) is 11.8 Å². The van der Waals surface area contributed by atoms with Gasteiger partial charge in [-0.3, -0.25) is 4.79 Å². The maximum Gasteiger partial charge on any atom is 0.266 e. The van der Waals surface area contributed by atoms with Gasteiger partial charge in [0.15, 0.2) is 0 Å². The van der Waals surface area contributed by atoms with Crippen molar-refractivity contribution >= 4 is 50.8 Å². The standard InChI is InChI=1S/C14H13BrN2OS2/c1-8-4-10(15)6-16-13(8)17-14(18)12-5-9-7-19-3-2-11(9)20-12/h4-6H,2-3,7H2,1H3,(H,16,17,18). The molecule has 0 fully saturated rings. The molecular weight excluding hydrogens is 356 g/mol. The minimum atomic E-state index is -0.0627. The minimum Gasteiger partial charge on any atom is -0.306 e. The summed E-state index contributed by atoms with van der Waals surface area (Å²) in [4.78, 5) is 18.7. The Morgan fingerprint density at radius 1 is 1.45 bits per heavy atom. The summed E-state index contributed by atoms with van der Waals surface area (Å²) in [6, 6.07) is 3.97. The SMILES string of the molecule is Cc1cc(Br)cnc1NC(=O)c1cc2c(s1)CCSC2. The highest BCUT2D eigenvalue weighted by Gasteiger charge is 2.18. The van der Waals surface area contributed by atoms with Gasteiger partial charge in [0, 0.05) is 21.3 Å². The van der Waals surface area contributed by atoms with Crippen molar-refractivity contribution in [3.8, 4) is 0 Å². The summed E-state index contributed by atoms with van der Waals surface area (Å²) in [5, 5.41) is 2.90. The van der Waals surface area contributed by atoms with Crippen LogP contribution in [0.2, 0.25) is 0 Å². The molecule has 0 spiro atoms. The monoisotopic (exact) mass is 368 g/mol. The van der Waals surface area contributed by atoms with Gasteiger partial charge in [-0.05, 0) is 58.3 Å². The lowest BCUT2D eigenvalue weighted by molar-refractivity contribution is 0.103. The Hall–Kier alpha value is -0.850. The molecule has 104 valence electrons. The second kappa shape index (κ2) is 5.87. The highest BCUT2D eigenvalue weighted by molar-refractivity contribution is 9.10. The smallest absolute Gasteiger partial charge is 0.266 e. The largest absolute Gasteiger partial charge is 0.306 e. The molecular formula is C14H13BrN2OS2. The van der Waals surface area contributed by atoms with Crippen molar-refractivity contribution in [3.05, 3.63) is 43.7 Å². The average molecular weight is 369 g/mol. The van der Waals surface area contributed by atoms with Gasteiger partial charge in [0.25, 0.3) is 5.91 Å². The Kier molecular flexibility index (Phi) is 4.14. The van der Waals surface area contributed by atoms with Crippen LogP contribution >= 0.6 is 39.0 Å². The van der Waals surface area contributed by atoms with Crippen molar-refractivity contribution in [3.63, 3.8) is 0 Å². The third kappa shape index (κ3) is 2.92. The number of anilines is 1. The first kappa shape index (κ1) is 14.1. The van der Waals surface area contributed by atoms with E-state index < -0.39 is 0 Å². The van der Waals surface area contributed by atoms with Crippen LogP contribution in [0.25, 0.3) is 0 Å². The van der Waals surface area contributed by atoms with Crippen molar-refractivity contribution in [2.24, 2.45) is 0 Å². The predicted molar refractivity (Wildman–Crippen MR) is 88.8 cm³/mol. The number of thioether (sulfide) groups is 1. The topological polar surface area (TPSA) is 42.0 Å². The van der Waals surface area contributed by atoms with Crippen molar-refractivity contribution in [1.29, 1.82) is 0 Å². The van der Waals surface area contributed by atoms with E-state index in [4.69, 9.17) is 0 Å². The van der Waals surface area contributed by atoms with E-state index in [0.29, 0.717) is 5.82 Å². The normalized spacial score (nSPS) is 13.9. The quantitative estimate of drug-likeness (QED) is 0.860. The summed E-state index contributed by atoms with van der Waals surface area (Å²) >= 11 is 6.91. The number of aryl methyl sites for hydroxylation is 2. The van der Waals surface area contributed by atoms with Crippen molar-refractivity contribution in [2.45, 2.75) is 19.1 Å². The fraction of sp³-hybridized carbons (Fsp3) is 0.286. The van der Waals surface area contributed by atoms with Crippen LogP contribution in [-0.2, 0) is 12.2 Å². The van der Waals surface area contributed by atoms with Crippen LogP contribution in [0.15, 0.2) is 22.8 Å². The Bertz CT molecular complexity index is 646. The van der Waals surface area contributed by atoms with Crippen LogP contribution in [0, 0.1) is 6.92 Å². The highest BCUT2D eigenvalue weighted by Crippen LogP contribution is 2.32. The lowest BCUT2D eigenvalue weighted by Crippen LogP contribution is -2.12. The van der Waals surface area contributed by atoms with E-state index in [0.717, 1.165) is 32.8 Å². The third-order valence-electron chi connectivity index (χ3n) is 3.13. The fourth-order valence-electron chi connectivity index (χ4n) is 2.10. The number of pyridine rings is 1. The average Bonchev–Trinajstić information content (AvgIpc) is 2.86. The van der Waals surface area contributed by atoms with E-state index in [1.54, 1.807) is 17.5 Å². The molecule has 2 aromatic rings. The molecule has 0 radical (unpaired) electrons. The van der Waals surface area contributed by atoms with Gasteiger partial charge in [0.2, 0.25) is 0 Å². The van der Waals surface area contributed by atoms with Crippen LogP contribution in [0.4, 0.5) is 5.82 Å². The summed E-state index contributed by atoms with van der Waals surface area (Å²) in [5.74, 6) is 2.74. The molecule has 0 saturated heterocycles. The molecule has 1 aliphatic rings. The highest BCUT2D eigenvalue weighted by atomic mass is 79.9. The first-order valence-electron chi connectivity index (χ1n) is 6.26. The molecule has 0 aromatic carbocycles. The zero-order valence-corrected chi connectivity index (χ0v) is 14.1. The number of carbonyl (C=O) groups excluding carboxylic acids is 1. The molecule has 0 bridgehead atoms. The molecule has 3 rings (SSSR count). The van der Waals surface area contributed by atoms with Crippen molar-refractivity contribution < 1.29 is 4.79 Å². The van der Waals surface area contributed by atoms with Crippen LogP contribution in [0.5, 0.6) is 0 Å². The summed E-state index contributed by atoms with van der Waals surface area (Å²) in [7, 11) is 0. The lowest BCUT2D eigenvalue weighted by atomic mass is 10.2. The molecule has 1 amide bonds. The van der Waals surface area contributed by atoms with Crippen molar-refractivity contribution in [2.75, 3.05) is 11.1 Å². The van der Waals surface area contributed by atoms with Gasteiger partial charge >= 0.3 is 0 Å². The molecule has 3 nitrogen and oxygen atoms in total. The molecule has 1 aliphatic heterocycles. The zero-order valence-electron chi connectivity index (χ0n) is 10.9. The second-order valence-electron chi connectivity index (χ2n) is 4.63. The number of thiophene rings is 1. The summed E-state index contributed by atoms with van der Waals surface area (Å²) in [5.41, 5.74) is 2.27.